The van der Waals surface area contributed by atoms with Crippen LogP contribution in [0.2, 0.25) is 0 Å². The fourth-order valence-electron chi connectivity index (χ4n) is 2.28. The minimum Gasteiger partial charge on any atom is -0.321 e. The molecule has 23 heavy (non-hydrogen) atoms. The Morgan fingerprint density at radius 1 is 1.13 bits per heavy atom. The lowest BCUT2D eigenvalue weighted by Gasteiger charge is -2.12. The fourth-order valence-corrected chi connectivity index (χ4v) is 3.25. The maximum absolute atomic E-state index is 12.2. The summed E-state index contributed by atoms with van der Waals surface area (Å²) in [5, 5.41) is 4.33. The molecule has 0 aliphatic heterocycles. The lowest BCUT2D eigenvalue weighted by molar-refractivity contribution is 0.520. The van der Waals surface area contributed by atoms with E-state index in [2.05, 4.69) is 5.10 Å². The van der Waals surface area contributed by atoms with Gasteiger partial charge in [0, 0.05) is 32.7 Å². The van der Waals surface area contributed by atoms with Gasteiger partial charge in [0.05, 0.1) is 23.3 Å². The van der Waals surface area contributed by atoms with E-state index in [0.717, 1.165) is 11.3 Å². The van der Waals surface area contributed by atoms with Crippen molar-refractivity contribution in [2.24, 2.45) is 0 Å². The zero-order valence-electron chi connectivity index (χ0n) is 13.0. The summed E-state index contributed by atoms with van der Waals surface area (Å²) < 4.78 is 29.4. The van der Waals surface area contributed by atoms with Crippen LogP contribution in [0, 0.1) is 0 Å². The van der Waals surface area contributed by atoms with Gasteiger partial charge < -0.3 is 4.57 Å². The fraction of sp³-hybridized carbons (Fsp3) is 0.188. The quantitative estimate of drug-likeness (QED) is 0.719. The molecule has 0 atom stereocenters. The first-order chi connectivity index (χ1) is 11.0. The number of hydrogen-bond donors (Lipinski definition) is 0. The second kappa shape index (κ2) is 6.02. The lowest BCUT2D eigenvalue weighted by atomic mass is 10.2. The first-order valence-electron chi connectivity index (χ1n) is 7.14. The van der Waals surface area contributed by atoms with Crippen molar-refractivity contribution in [2.45, 2.75) is 11.4 Å². The van der Waals surface area contributed by atoms with Crippen molar-refractivity contribution in [2.75, 3.05) is 14.1 Å². The average Bonchev–Trinajstić information content (AvgIpc) is 3.18. The van der Waals surface area contributed by atoms with Crippen molar-refractivity contribution < 1.29 is 8.42 Å². The highest BCUT2D eigenvalue weighted by Crippen LogP contribution is 2.16. The maximum atomic E-state index is 12.2. The van der Waals surface area contributed by atoms with E-state index in [1.54, 1.807) is 29.1 Å². The molecule has 0 aliphatic carbocycles. The van der Waals surface area contributed by atoms with E-state index < -0.39 is 10.0 Å². The van der Waals surface area contributed by atoms with Crippen LogP contribution in [0.4, 0.5) is 0 Å². The molecule has 3 rings (SSSR count). The second-order valence-corrected chi connectivity index (χ2v) is 7.57. The number of benzene rings is 1. The van der Waals surface area contributed by atoms with E-state index in [1.807, 2.05) is 41.4 Å². The number of rotatable bonds is 5. The Kier molecular flexibility index (Phi) is 4.06. The molecule has 120 valence electrons. The van der Waals surface area contributed by atoms with E-state index in [1.165, 1.54) is 18.4 Å². The van der Waals surface area contributed by atoms with Gasteiger partial charge in [0.1, 0.15) is 0 Å². The third-order valence-electron chi connectivity index (χ3n) is 3.54. The molecule has 2 aromatic heterocycles. The first kappa shape index (κ1) is 15.5. The van der Waals surface area contributed by atoms with Gasteiger partial charge in [0.2, 0.25) is 10.0 Å². The molecule has 0 N–H and O–H groups in total. The van der Waals surface area contributed by atoms with Crippen molar-refractivity contribution in [3.8, 4) is 5.69 Å². The predicted molar refractivity (Wildman–Crippen MR) is 88.0 cm³/mol. The first-order valence-corrected chi connectivity index (χ1v) is 8.58. The Bertz CT molecular complexity index is 896. The molecular formula is C16H18N4O2S. The molecule has 0 aliphatic rings. The van der Waals surface area contributed by atoms with Gasteiger partial charge in [-0.25, -0.2) is 12.7 Å². The topological polar surface area (TPSA) is 60.1 Å². The lowest BCUT2D eigenvalue weighted by Crippen LogP contribution is -2.22. The van der Waals surface area contributed by atoms with E-state index >= 15 is 0 Å². The number of aromatic nitrogens is 3. The van der Waals surface area contributed by atoms with Gasteiger partial charge >= 0.3 is 0 Å². The Labute approximate surface area is 135 Å². The molecule has 1 aromatic carbocycles. The van der Waals surface area contributed by atoms with Gasteiger partial charge in [-0.05, 0) is 29.8 Å². The largest absolute Gasteiger partial charge is 0.321 e. The normalized spacial score (nSPS) is 12.0. The molecule has 0 bridgehead atoms. The SMILES string of the molecule is CN(C)S(=O)(=O)c1cccc(Cn2cc(-n3cccc3)cn2)c1. The van der Waals surface area contributed by atoms with Crippen LogP contribution < -0.4 is 0 Å². The molecule has 6 nitrogen and oxygen atoms in total. The Morgan fingerprint density at radius 2 is 1.87 bits per heavy atom. The minimum atomic E-state index is -3.42. The van der Waals surface area contributed by atoms with Gasteiger partial charge in [-0.15, -0.1) is 0 Å². The molecular weight excluding hydrogens is 312 g/mol. The number of hydrogen-bond acceptors (Lipinski definition) is 3. The van der Waals surface area contributed by atoms with Crippen LogP contribution >= 0.6 is 0 Å². The molecule has 0 saturated carbocycles. The van der Waals surface area contributed by atoms with Gasteiger partial charge in [-0.3, -0.25) is 4.68 Å². The zero-order valence-corrected chi connectivity index (χ0v) is 13.8. The van der Waals surface area contributed by atoms with Crippen molar-refractivity contribution in [1.82, 2.24) is 18.7 Å². The predicted octanol–water partition coefficient (Wildman–Crippen LogP) is 1.97. The molecule has 3 aromatic rings. The Morgan fingerprint density at radius 3 is 2.57 bits per heavy atom. The smallest absolute Gasteiger partial charge is 0.242 e. The summed E-state index contributed by atoms with van der Waals surface area (Å²) in [6.45, 7) is 0.512. The van der Waals surface area contributed by atoms with Gasteiger partial charge in [0.25, 0.3) is 0 Å². The van der Waals surface area contributed by atoms with Crippen molar-refractivity contribution in [3.05, 3.63) is 66.7 Å². The Hall–Kier alpha value is -2.38. The number of sulfonamides is 1. The molecule has 0 fully saturated rings. The summed E-state index contributed by atoms with van der Waals surface area (Å²) in [4.78, 5) is 0.290. The number of nitrogens with zero attached hydrogens (tertiary/aromatic N) is 4. The van der Waals surface area contributed by atoms with E-state index in [0.29, 0.717) is 6.54 Å². The maximum Gasteiger partial charge on any atom is 0.242 e. The highest BCUT2D eigenvalue weighted by atomic mass is 32.2. The van der Waals surface area contributed by atoms with Gasteiger partial charge in [-0.1, -0.05) is 12.1 Å². The second-order valence-electron chi connectivity index (χ2n) is 5.42. The van der Waals surface area contributed by atoms with Gasteiger partial charge in [-0.2, -0.15) is 5.10 Å². The van der Waals surface area contributed by atoms with Crippen molar-refractivity contribution >= 4 is 10.0 Å². The molecule has 2 heterocycles. The standard InChI is InChI=1S/C16H18N4O2S/c1-18(2)23(21,22)16-7-5-6-14(10-16)12-20-13-15(11-17-20)19-8-3-4-9-19/h3-11,13H,12H2,1-2H3. The van der Waals surface area contributed by atoms with E-state index in [-0.39, 0.29) is 4.90 Å². The van der Waals surface area contributed by atoms with Crippen LogP contribution in [-0.2, 0) is 16.6 Å². The monoisotopic (exact) mass is 330 g/mol. The van der Waals surface area contributed by atoms with Crippen LogP contribution in [-0.4, -0.2) is 41.2 Å². The van der Waals surface area contributed by atoms with Crippen LogP contribution in [0.25, 0.3) is 5.69 Å². The summed E-state index contributed by atoms with van der Waals surface area (Å²) in [7, 11) is -0.369. The molecule has 0 radical (unpaired) electrons. The van der Waals surface area contributed by atoms with Crippen molar-refractivity contribution in [3.63, 3.8) is 0 Å². The minimum absolute atomic E-state index is 0.290. The van der Waals surface area contributed by atoms with Crippen LogP contribution in [0.1, 0.15) is 5.56 Å². The summed E-state index contributed by atoms with van der Waals surface area (Å²) in [5.41, 5.74) is 1.85. The zero-order chi connectivity index (χ0) is 16.4. The van der Waals surface area contributed by atoms with Crippen LogP contribution in [0.15, 0.2) is 66.1 Å². The Balaban J connectivity index is 1.84. The molecule has 7 heteroatoms. The third kappa shape index (κ3) is 3.20. The summed E-state index contributed by atoms with van der Waals surface area (Å²) >= 11 is 0. The molecule has 0 unspecified atom stereocenters. The highest BCUT2D eigenvalue weighted by molar-refractivity contribution is 7.89. The van der Waals surface area contributed by atoms with Crippen molar-refractivity contribution in [1.29, 1.82) is 0 Å². The van der Waals surface area contributed by atoms with Crippen LogP contribution in [0.3, 0.4) is 0 Å². The highest BCUT2D eigenvalue weighted by Gasteiger charge is 2.17. The molecule has 0 saturated heterocycles. The van der Waals surface area contributed by atoms with E-state index in [4.69, 9.17) is 0 Å². The summed E-state index contributed by atoms with van der Waals surface area (Å²) in [5.74, 6) is 0. The van der Waals surface area contributed by atoms with Gasteiger partial charge in [0.15, 0.2) is 0 Å². The summed E-state index contributed by atoms with van der Waals surface area (Å²) in [6.07, 6.45) is 7.60. The molecule has 0 spiro atoms. The summed E-state index contributed by atoms with van der Waals surface area (Å²) in [6, 6.07) is 10.8. The van der Waals surface area contributed by atoms with Crippen LogP contribution in [0.5, 0.6) is 0 Å². The van der Waals surface area contributed by atoms with E-state index in [9.17, 15) is 8.42 Å². The average molecular weight is 330 g/mol. The third-order valence-corrected chi connectivity index (χ3v) is 5.35. The molecule has 0 amide bonds.